The quantitative estimate of drug-likeness (QED) is 0.693. The maximum absolute atomic E-state index is 12.3. The smallest absolute Gasteiger partial charge is 0.260 e. The Labute approximate surface area is 175 Å². The van der Waals surface area contributed by atoms with E-state index < -0.39 is 0 Å². The molecule has 6 heteroatoms. The summed E-state index contributed by atoms with van der Waals surface area (Å²) >= 11 is 6.11. The van der Waals surface area contributed by atoms with Crippen LogP contribution >= 0.6 is 11.6 Å². The molecule has 1 aliphatic rings. The second-order valence-corrected chi connectivity index (χ2v) is 8.06. The molecule has 1 aromatic heterocycles. The number of benzene rings is 2. The number of nitrogens with zero attached hydrogens (tertiary/aromatic N) is 3. The molecule has 4 rings (SSSR count). The standard InChI is InChI=1S/C23H23ClN4O/c24-18-8-4-9-19-21(18)22(29)27-20(26-19)10-5-13-28-14-11-23(16-25,12-15-28)17-6-2-1-3-7-17/h1-4,6-9H,5,10-15H2,(H,26,27,29). The first-order valence-corrected chi connectivity index (χ1v) is 10.4. The Morgan fingerprint density at radius 2 is 1.90 bits per heavy atom. The summed E-state index contributed by atoms with van der Waals surface area (Å²) in [6.07, 6.45) is 3.30. The van der Waals surface area contributed by atoms with Gasteiger partial charge < -0.3 is 9.88 Å². The van der Waals surface area contributed by atoms with E-state index in [4.69, 9.17) is 11.6 Å². The second-order valence-electron chi connectivity index (χ2n) is 7.65. The minimum absolute atomic E-state index is 0.185. The zero-order chi connectivity index (χ0) is 20.3. The molecule has 0 spiro atoms. The molecule has 1 N–H and O–H groups in total. The number of hydrogen-bond donors (Lipinski definition) is 1. The predicted octanol–water partition coefficient (Wildman–Crippen LogP) is 4.07. The molecule has 3 aromatic rings. The zero-order valence-corrected chi connectivity index (χ0v) is 17.0. The van der Waals surface area contributed by atoms with Crippen LogP contribution in [-0.4, -0.2) is 34.5 Å². The van der Waals surface area contributed by atoms with Crippen molar-refractivity contribution in [3.63, 3.8) is 0 Å². The van der Waals surface area contributed by atoms with E-state index in [-0.39, 0.29) is 11.0 Å². The van der Waals surface area contributed by atoms with Crippen LogP contribution in [0.3, 0.4) is 0 Å². The van der Waals surface area contributed by atoms with Crippen molar-refractivity contribution in [3.05, 3.63) is 75.3 Å². The van der Waals surface area contributed by atoms with Crippen LogP contribution in [0, 0.1) is 11.3 Å². The Morgan fingerprint density at radius 3 is 2.62 bits per heavy atom. The summed E-state index contributed by atoms with van der Waals surface area (Å²) < 4.78 is 0. The second kappa shape index (κ2) is 8.36. The lowest BCUT2D eigenvalue weighted by Crippen LogP contribution is -2.42. The van der Waals surface area contributed by atoms with Crippen molar-refractivity contribution in [3.8, 4) is 6.07 Å². The largest absolute Gasteiger partial charge is 0.310 e. The Balaban J connectivity index is 1.35. The van der Waals surface area contributed by atoms with Crippen molar-refractivity contribution in [2.75, 3.05) is 19.6 Å². The summed E-state index contributed by atoms with van der Waals surface area (Å²) in [5.74, 6) is 0.692. The van der Waals surface area contributed by atoms with E-state index in [1.165, 1.54) is 0 Å². The lowest BCUT2D eigenvalue weighted by atomic mass is 9.74. The highest BCUT2D eigenvalue weighted by atomic mass is 35.5. The molecule has 0 radical (unpaired) electrons. The van der Waals surface area contributed by atoms with E-state index >= 15 is 0 Å². The SMILES string of the molecule is N#CC1(c2ccccc2)CCN(CCCc2nc3cccc(Cl)c3c(=O)[nH]2)CC1. The molecule has 148 valence electrons. The number of nitriles is 1. The van der Waals surface area contributed by atoms with Gasteiger partial charge in [0.15, 0.2) is 0 Å². The lowest BCUT2D eigenvalue weighted by Gasteiger charge is -2.37. The third-order valence-electron chi connectivity index (χ3n) is 5.87. The van der Waals surface area contributed by atoms with Crippen LogP contribution in [-0.2, 0) is 11.8 Å². The maximum Gasteiger partial charge on any atom is 0.260 e. The molecule has 1 aliphatic heterocycles. The number of aromatic nitrogens is 2. The van der Waals surface area contributed by atoms with Crippen LogP contribution < -0.4 is 5.56 Å². The molecular formula is C23H23ClN4O. The first-order chi connectivity index (χ1) is 14.1. The van der Waals surface area contributed by atoms with Gasteiger partial charge >= 0.3 is 0 Å². The van der Waals surface area contributed by atoms with Crippen molar-refractivity contribution in [1.82, 2.24) is 14.9 Å². The first kappa shape index (κ1) is 19.6. The van der Waals surface area contributed by atoms with Crippen LogP contribution in [0.25, 0.3) is 10.9 Å². The molecule has 29 heavy (non-hydrogen) atoms. The zero-order valence-electron chi connectivity index (χ0n) is 16.2. The lowest BCUT2D eigenvalue weighted by molar-refractivity contribution is 0.184. The van der Waals surface area contributed by atoms with Gasteiger partial charge in [-0.05, 0) is 56.6 Å². The monoisotopic (exact) mass is 406 g/mol. The number of H-pyrrole nitrogens is 1. The van der Waals surface area contributed by atoms with E-state index in [0.717, 1.165) is 44.5 Å². The van der Waals surface area contributed by atoms with Gasteiger partial charge in [-0.3, -0.25) is 4.79 Å². The Kier molecular flexibility index (Phi) is 5.66. The fourth-order valence-corrected chi connectivity index (χ4v) is 4.42. The molecule has 0 saturated carbocycles. The first-order valence-electron chi connectivity index (χ1n) is 9.98. The van der Waals surface area contributed by atoms with Gasteiger partial charge in [-0.1, -0.05) is 48.0 Å². The van der Waals surface area contributed by atoms with Crippen molar-refractivity contribution in [2.24, 2.45) is 0 Å². The molecule has 0 unspecified atom stereocenters. The minimum Gasteiger partial charge on any atom is -0.310 e. The number of piperidine rings is 1. The van der Waals surface area contributed by atoms with E-state index in [1.54, 1.807) is 6.07 Å². The van der Waals surface area contributed by atoms with Crippen molar-refractivity contribution in [1.29, 1.82) is 5.26 Å². The Hall–Kier alpha value is -2.68. The van der Waals surface area contributed by atoms with Crippen LogP contribution in [0.4, 0.5) is 0 Å². The number of nitrogens with one attached hydrogen (secondary N) is 1. The van der Waals surface area contributed by atoms with Crippen molar-refractivity contribution >= 4 is 22.5 Å². The molecular weight excluding hydrogens is 384 g/mol. The minimum atomic E-state index is -0.373. The van der Waals surface area contributed by atoms with E-state index in [9.17, 15) is 10.1 Å². The molecule has 5 nitrogen and oxygen atoms in total. The summed E-state index contributed by atoms with van der Waals surface area (Å²) in [5, 5.41) is 10.7. The van der Waals surface area contributed by atoms with Gasteiger partial charge in [0.1, 0.15) is 5.82 Å². The highest BCUT2D eigenvalue weighted by molar-refractivity contribution is 6.35. The Bertz CT molecular complexity index is 1100. The number of halogens is 1. The van der Waals surface area contributed by atoms with Gasteiger partial charge in [-0.25, -0.2) is 4.98 Å². The normalized spacial score (nSPS) is 16.6. The van der Waals surface area contributed by atoms with E-state index in [2.05, 4.69) is 33.1 Å². The molecule has 2 aromatic carbocycles. The molecule has 0 aliphatic carbocycles. The average Bonchev–Trinajstić information content (AvgIpc) is 2.75. The fourth-order valence-electron chi connectivity index (χ4n) is 4.17. The number of fused-ring (bicyclic) bond motifs is 1. The van der Waals surface area contributed by atoms with Crippen molar-refractivity contribution in [2.45, 2.75) is 31.1 Å². The predicted molar refractivity (Wildman–Crippen MR) is 115 cm³/mol. The number of rotatable bonds is 5. The number of likely N-dealkylation sites (tertiary alicyclic amines) is 1. The van der Waals surface area contributed by atoms with Gasteiger partial charge in [0, 0.05) is 6.42 Å². The fraction of sp³-hybridized carbons (Fsp3) is 0.348. The van der Waals surface area contributed by atoms with Crippen LogP contribution in [0.5, 0.6) is 0 Å². The average molecular weight is 407 g/mol. The maximum atomic E-state index is 12.3. The number of aromatic amines is 1. The summed E-state index contributed by atoms with van der Waals surface area (Å²) in [7, 11) is 0. The summed E-state index contributed by atoms with van der Waals surface area (Å²) in [6.45, 7) is 2.73. The third kappa shape index (κ3) is 4.05. The summed E-state index contributed by atoms with van der Waals surface area (Å²) in [5.41, 5.74) is 1.20. The Morgan fingerprint density at radius 1 is 1.14 bits per heavy atom. The van der Waals surface area contributed by atoms with Gasteiger partial charge in [0.05, 0.1) is 27.4 Å². The van der Waals surface area contributed by atoms with Crippen molar-refractivity contribution < 1.29 is 0 Å². The number of aryl methyl sites for hydroxylation is 1. The highest BCUT2D eigenvalue weighted by Crippen LogP contribution is 2.34. The van der Waals surface area contributed by atoms with Crippen LogP contribution in [0.1, 0.15) is 30.7 Å². The van der Waals surface area contributed by atoms with Gasteiger partial charge in [-0.2, -0.15) is 5.26 Å². The molecule has 1 fully saturated rings. The third-order valence-corrected chi connectivity index (χ3v) is 6.18. The van der Waals surface area contributed by atoms with Crippen LogP contribution in [0.2, 0.25) is 5.02 Å². The number of hydrogen-bond acceptors (Lipinski definition) is 4. The highest BCUT2D eigenvalue weighted by Gasteiger charge is 2.36. The van der Waals surface area contributed by atoms with E-state index in [1.807, 2.05) is 30.3 Å². The van der Waals surface area contributed by atoms with Gasteiger partial charge in [-0.15, -0.1) is 0 Å². The van der Waals surface area contributed by atoms with Crippen LogP contribution in [0.15, 0.2) is 53.3 Å². The molecule has 0 amide bonds. The molecule has 2 heterocycles. The molecule has 0 atom stereocenters. The van der Waals surface area contributed by atoms with Gasteiger partial charge in [0.25, 0.3) is 5.56 Å². The van der Waals surface area contributed by atoms with Gasteiger partial charge in [0.2, 0.25) is 0 Å². The summed E-state index contributed by atoms with van der Waals surface area (Å²) in [6, 6.07) is 18.0. The molecule has 1 saturated heterocycles. The topological polar surface area (TPSA) is 72.8 Å². The van der Waals surface area contributed by atoms with E-state index in [0.29, 0.717) is 28.2 Å². The summed E-state index contributed by atoms with van der Waals surface area (Å²) in [4.78, 5) is 22.1. The molecule has 0 bridgehead atoms.